The molecule has 1 aliphatic rings. The first kappa shape index (κ1) is 25.1. The third kappa shape index (κ3) is 6.14. The topological polar surface area (TPSA) is 108 Å². The zero-order valence-electron chi connectivity index (χ0n) is 18.5. The number of aromatic nitrogens is 1. The molecule has 36 heavy (non-hydrogen) atoms. The standard InChI is InChI=1S/C24H18ClF3N4O4/c25-17-10-14(6-9-20(17)35-24(26,27)28)11-19(23(34)32(13-29)16-7-8-16)30-22(33)21-12-18(31-36-21)15-4-2-1-3-5-15/h1-6,9-10,12,16,19H,7-8,11H2,(H,30,33)/t19-/m0/s1. The summed E-state index contributed by atoms with van der Waals surface area (Å²) in [6, 6.07) is 12.4. The largest absolute Gasteiger partial charge is 0.573 e. The molecule has 0 saturated heterocycles. The predicted octanol–water partition coefficient (Wildman–Crippen LogP) is 4.71. The highest BCUT2D eigenvalue weighted by atomic mass is 35.5. The van der Waals surface area contributed by atoms with Crippen LogP contribution in [0.1, 0.15) is 29.0 Å². The Balaban J connectivity index is 1.55. The first-order valence-electron chi connectivity index (χ1n) is 10.7. The van der Waals surface area contributed by atoms with Crippen molar-refractivity contribution in [1.82, 2.24) is 15.4 Å². The van der Waals surface area contributed by atoms with Gasteiger partial charge in [0.25, 0.3) is 11.8 Å². The molecule has 1 heterocycles. The van der Waals surface area contributed by atoms with E-state index in [2.05, 4.69) is 15.2 Å². The van der Waals surface area contributed by atoms with Gasteiger partial charge in [0.2, 0.25) is 5.76 Å². The van der Waals surface area contributed by atoms with Crippen LogP contribution in [0.4, 0.5) is 13.2 Å². The summed E-state index contributed by atoms with van der Waals surface area (Å²) in [6.45, 7) is 0. The second-order valence-electron chi connectivity index (χ2n) is 8.02. The summed E-state index contributed by atoms with van der Waals surface area (Å²) >= 11 is 5.93. The molecule has 0 spiro atoms. The monoisotopic (exact) mass is 518 g/mol. The van der Waals surface area contributed by atoms with Crippen LogP contribution in [0.3, 0.4) is 0 Å². The molecule has 1 N–H and O–H groups in total. The van der Waals surface area contributed by atoms with Gasteiger partial charge in [-0.1, -0.05) is 53.2 Å². The van der Waals surface area contributed by atoms with Crippen molar-refractivity contribution in [2.75, 3.05) is 0 Å². The smallest absolute Gasteiger partial charge is 0.404 e. The Bertz CT molecular complexity index is 1300. The summed E-state index contributed by atoms with van der Waals surface area (Å²) in [5.41, 5.74) is 1.46. The molecule has 0 bridgehead atoms. The second-order valence-corrected chi connectivity index (χ2v) is 8.43. The summed E-state index contributed by atoms with van der Waals surface area (Å²) in [4.78, 5) is 27.0. The number of alkyl halides is 3. The Labute approximate surface area is 208 Å². The molecule has 8 nitrogen and oxygen atoms in total. The maximum Gasteiger partial charge on any atom is 0.573 e. The normalized spacial score (nSPS) is 14.0. The number of nitriles is 1. The number of ether oxygens (including phenoxy) is 1. The quantitative estimate of drug-likeness (QED) is 0.342. The van der Waals surface area contributed by atoms with Crippen LogP contribution in [-0.4, -0.2) is 40.3 Å². The van der Waals surface area contributed by atoms with Crippen LogP contribution in [0.25, 0.3) is 11.3 Å². The average Bonchev–Trinajstić information content (AvgIpc) is 3.54. The summed E-state index contributed by atoms with van der Waals surface area (Å²) in [5.74, 6) is -2.18. The van der Waals surface area contributed by atoms with Crippen LogP contribution in [0.5, 0.6) is 5.75 Å². The van der Waals surface area contributed by atoms with Crippen molar-refractivity contribution in [3.8, 4) is 23.2 Å². The zero-order chi connectivity index (χ0) is 25.9. The Morgan fingerprint density at radius 2 is 1.94 bits per heavy atom. The molecule has 1 atom stereocenters. The van der Waals surface area contributed by atoms with E-state index in [1.54, 1.807) is 24.3 Å². The highest BCUT2D eigenvalue weighted by Crippen LogP contribution is 2.32. The van der Waals surface area contributed by atoms with Crippen molar-refractivity contribution >= 4 is 23.4 Å². The highest BCUT2D eigenvalue weighted by molar-refractivity contribution is 6.32. The molecule has 2 amide bonds. The number of hydrogen-bond donors (Lipinski definition) is 1. The molecule has 1 saturated carbocycles. The van der Waals surface area contributed by atoms with E-state index in [-0.39, 0.29) is 23.2 Å². The van der Waals surface area contributed by atoms with Gasteiger partial charge in [-0.2, -0.15) is 5.26 Å². The van der Waals surface area contributed by atoms with Crippen molar-refractivity contribution < 1.29 is 32.0 Å². The fourth-order valence-electron chi connectivity index (χ4n) is 3.48. The first-order valence-corrected chi connectivity index (χ1v) is 11.1. The van der Waals surface area contributed by atoms with Crippen molar-refractivity contribution in [2.24, 2.45) is 0 Å². The lowest BCUT2D eigenvalue weighted by molar-refractivity contribution is -0.274. The lowest BCUT2D eigenvalue weighted by atomic mass is 10.0. The number of benzene rings is 2. The lowest BCUT2D eigenvalue weighted by Gasteiger charge is -2.22. The van der Waals surface area contributed by atoms with Gasteiger partial charge < -0.3 is 14.6 Å². The van der Waals surface area contributed by atoms with Gasteiger partial charge in [-0.15, -0.1) is 13.2 Å². The van der Waals surface area contributed by atoms with E-state index in [9.17, 15) is 28.0 Å². The molecule has 0 radical (unpaired) electrons. The number of carbonyl (C=O) groups is 2. The number of rotatable bonds is 8. The van der Waals surface area contributed by atoms with Crippen molar-refractivity contribution in [1.29, 1.82) is 5.26 Å². The molecule has 12 heteroatoms. The van der Waals surface area contributed by atoms with Crippen molar-refractivity contribution in [3.63, 3.8) is 0 Å². The first-order chi connectivity index (χ1) is 17.1. The van der Waals surface area contributed by atoms with Crippen LogP contribution < -0.4 is 10.1 Å². The molecule has 1 aliphatic carbocycles. The molecular formula is C24H18ClF3N4O4. The zero-order valence-corrected chi connectivity index (χ0v) is 19.2. The van der Waals surface area contributed by atoms with Crippen LogP contribution in [-0.2, 0) is 11.2 Å². The number of carbonyl (C=O) groups excluding carboxylic acids is 2. The summed E-state index contributed by atoms with van der Waals surface area (Å²) in [7, 11) is 0. The van der Waals surface area contributed by atoms with E-state index in [1.165, 1.54) is 18.2 Å². The molecule has 4 rings (SSSR count). The van der Waals surface area contributed by atoms with E-state index in [4.69, 9.17) is 16.1 Å². The lowest BCUT2D eigenvalue weighted by Crippen LogP contribution is -2.49. The van der Waals surface area contributed by atoms with Gasteiger partial charge in [0.1, 0.15) is 17.5 Å². The minimum Gasteiger partial charge on any atom is -0.404 e. The van der Waals surface area contributed by atoms with Crippen LogP contribution in [0.15, 0.2) is 59.1 Å². The van der Waals surface area contributed by atoms with E-state index in [1.807, 2.05) is 12.3 Å². The van der Waals surface area contributed by atoms with Gasteiger partial charge in [0, 0.05) is 24.1 Å². The van der Waals surface area contributed by atoms with Gasteiger partial charge >= 0.3 is 6.36 Å². The molecule has 186 valence electrons. The van der Waals surface area contributed by atoms with Gasteiger partial charge in [0.05, 0.1) is 5.02 Å². The van der Waals surface area contributed by atoms with Gasteiger partial charge in [0.15, 0.2) is 6.19 Å². The molecule has 1 aromatic heterocycles. The molecule has 3 aromatic rings. The molecule has 0 aliphatic heterocycles. The average molecular weight is 519 g/mol. The molecule has 0 unspecified atom stereocenters. The van der Waals surface area contributed by atoms with Crippen molar-refractivity contribution in [3.05, 3.63) is 70.9 Å². The molecular weight excluding hydrogens is 501 g/mol. The SMILES string of the molecule is N#CN(C(=O)[C@H](Cc1ccc(OC(F)(F)F)c(Cl)c1)NC(=O)c1cc(-c2ccccc2)no1)C1CC1. The van der Waals surface area contributed by atoms with Gasteiger partial charge in [-0.05, 0) is 30.5 Å². The number of nitrogens with zero attached hydrogens (tertiary/aromatic N) is 3. The minimum absolute atomic E-state index is 0.152. The third-order valence-electron chi connectivity index (χ3n) is 5.33. The van der Waals surface area contributed by atoms with E-state index in [0.29, 0.717) is 29.7 Å². The fourth-order valence-corrected chi connectivity index (χ4v) is 3.72. The fraction of sp³-hybridized carbons (Fsp3) is 0.250. The summed E-state index contributed by atoms with van der Waals surface area (Å²) in [6.07, 6.45) is -1.94. The minimum atomic E-state index is -4.93. The van der Waals surface area contributed by atoms with Gasteiger partial charge in [-0.25, -0.2) is 4.90 Å². The van der Waals surface area contributed by atoms with Crippen molar-refractivity contribution in [2.45, 2.75) is 37.7 Å². The Morgan fingerprint density at radius 1 is 1.22 bits per heavy atom. The number of amides is 2. The van der Waals surface area contributed by atoms with Crippen LogP contribution >= 0.6 is 11.6 Å². The predicted molar refractivity (Wildman–Crippen MR) is 121 cm³/mol. The molecule has 1 fully saturated rings. The van der Waals surface area contributed by atoms with Crippen LogP contribution in [0, 0.1) is 11.5 Å². The van der Waals surface area contributed by atoms with Crippen LogP contribution in [0.2, 0.25) is 5.02 Å². The summed E-state index contributed by atoms with van der Waals surface area (Å²) < 4.78 is 46.6. The third-order valence-corrected chi connectivity index (χ3v) is 5.62. The Kier molecular flexibility index (Phi) is 7.17. The van der Waals surface area contributed by atoms with E-state index >= 15 is 0 Å². The maximum absolute atomic E-state index is 13.1. The number of nitrogens with one attached hydrogen (secondary N) is 1. The van der Waals surface area contributed by atoms with Gasteiger partial charge in [-0.3, -0.25) is 9.59 Å². The Hall–Kier alpha value is -4.04. The van der Waals surface area contributed by atoms with E-state index in [0.717, 1.165) is 11.0 Å². The molecule has 2 aromatic carbocycles. The summed E-state index contributed by atoms with van der Waals surface area (Å²) in [5, 5.41) is 15.6. The maximum atomic E-state index is 13.1. The second kappa shape index (κ2) is 10.3. The number of hydrogen-bond acceptors (Lipinski definition) is 6. The Morgan fingerprint density at radius 3 is 2.56 bits per heavy atom. The highest BCUT2D eigenvalue weighted by Gasteiger charge is 2.37. The number of halogens is 4. The van der Waals surface area contributed by atoms with E-state index < -0.39 is 30.0 Å².